The fourth-order valence-corrected chi connectivity index (χ4v) is 2.82. The Morgan fingerprint density at radius 2 is 1.21 bits per heavy atom. The first-order chi connectivity index (χ1) is 11.8. The van der Waals surface area contributed by atoms with Crippen molar-refractivity contribution in [2.75, 3.05) is 4.90 Å². The molecule has 0 aromatic heterocycles. The summed E-state index contributed by atoms with van der Waals surface area (Å²) >= 11 is 0. The zero-order valence-corrected chi connectivity index (χ0v) is 12.6. The van der Waals surface area contributed by atoms with E-state index in [0.29, 0.717) is 11.4 Å². The van der Waals surface area contributed by atoms with Crippen LogP contribution >= 0.6 is 0 Å². The highest BCUT2D eigenvalue weighted by Gasteiger charge is 2.25. The summed E-state index contributed by atoms with van der Waals surface area (Å²) in [6.45, 7) is 14.6. The van der Waals surface area contributed by atoms with Crippen LogP contribution in [0.4, 0.5) is 28.4 Å². The van der Waals surface area contributed by atoms with Crippen LogP contribution in [0.15, 0.2) is 66.7 Å². The van der Waals surface area contributed by atoms with Gasteiger partial charge >= 0.3 is 0 Å². The second kappa shape index (κ2) is 5.46. The predicted octanol–water partition coefficient (Wildman–Crippen LogP) is 6.36. The normalized spacial score (nSPS) is 11.5. The van der Waals surface area contributed by atoms with Gasteiger partial charge in [0.15, 0.2) is 22.9 Å². The lowest BCUT2D eigenvalue weighted by atomic mass is 10.1. The van der Waals surface area contributed by atoms with Crippen molar-refractivity contribution in [3.05, 3.63) is 89.6 Å². The first-order valence-corrected chi connectivity index (χ1v) is 7.36. The molecule has 24 heavy (non-hydrogen) atoms. The number of ether oxygens (including phenoxy) is 1. The Balaban J connectivity index is 1.99. The van der Waals surface area contributed by atoms with Crippen molar-refractivity contribution < 1.29 is 4.74 Å². The molecule has 0 fully saturated rings. The Labute approximate surface area is 139 Å². The maximum atomic E-state index is 7.29. The Morgan fingerprint density at radius 3 is 1.71 bits per heavy atom. The monoisotopic (exact) mass is 309 g/mol. The molecule has 0 saturated carbocycles. The third-order valence-electron chi connectivity index (χ3n) is 3.84. The zero-order valence-electron chi connectivity index (χ0n) is 12.6. The Hall–Kier alpha value is -3.76. The molecule has 0 spiro atoms. The first kappa shape index (κ1) is 13.9. The fraction of sp³-hybridized carbons (Fsp3) is 0. The molecule has 4 heteroatoms. The van der Waals surface area contributed by atoms with E-state index >= 15 is 0 Å². The van der Waals surface area contributed by atoms with Crippen molar-refractivity contribution in [3.63, 3.8) is 0 Å². The minimum absolute atomic E-state index is 0.444. The van der Waals surface area contributed by atoms with Gasteiger partial charge in [-0.15, -0.1) is 0 Å². The van der Waals surface area contributed by atoms with Crippen LogP contribution in [0.25, 0.3) is 9.69 Å². The van der Waals surface area contributed by atoms with Gasteiger partial charge in [0.2, 0.25) is 0 Å². The standard InChI is InChI=1S/C20H11N3O/c1-21-14-11-15(22-2)13-16(12-14)23-17-7-3-5-9-19(17)24-20-10-6-4-8-18(20)23/h3-13H. The van der Waals surface area contributed by atoms with Crippen molar-refractivity contribution in [1.82, 2.24) is 0 Å². The number of para-hydroxylation sites is 4. The largest absolute Gasteiger partial charge is 0.453 e. The molecule has 0 bridgehead atoms. The summed E-state index contributed by atoms with van der Waals surface area (Å²) in [7, 11) is 0. The van der Waals surface area contributed by atoms with Crippen LogP contribution in [-0.4, -0.2) is 0 Å². The van der Waals surface area contributed by atoms with E-state index in [-0.39, 0.29) is 0 Å². The summed E-state index contributed by atoms with van der Waals surface area (Å²) in [5.41, 5.74) is 3.43. The van der Waals surface area contributed by atoms with E-state index in [4.69, 9.17) is 17.9 Å². The van der Waals surface area contributed by atoms with Crippen molar-refractivity contribution in [1.29, 1.82) is 0 Å². The smallest absolute Gasteiger partial charge is 0.179 e. The quantitative estimate of drug-likeness (QED) is 0.381. The predicted molar refractivity (Wildman–Crippen MR) is 93.7 cm³/mol. The Morgan fingerprint density at radius 1 is 0.708 bits per heavy atom. The van der Waals surface area contributed by atoms with Gasteiger partial charge in [-0.25, -0.2) is 9.69 Å². The zero-order chi connectivity index (χ0) is 16.5. The van der Waals surface area contributed by atoms with E-state index in [1.54, 1.807) is 18.2 Å². The topological polar surface area (TPSA) is 21.2 Å². The molecule has 0 radical (unpaired) electrons. The molecule has 0 saturated heterocycles. The third-order valence-corrected chi connectivity index (χ3v) is 3.84. The third kappa shape index (κ3) is 2.15. The van der Waals surface area contributed by atoms with Crippen LogP contribution in [0, 0.1) is 13.1 Å². The summed E-state index contributed by atoms with van der Waals surface area (Å²) in [5, 5.41) is 0. The van der Waals surface area contributed by atoms with Crippen LogP contribution in [0.2, 0.25) is 0 Å². The molecule has 0 N–H and O–H groups in total. The minimum Gasteiger partial charge on any atom is -0.453 e. The summed E-state index contributed by atoms with van der Waals surface area (Å²) < 4.78 is 5.98. The number of anilines is 3. The highest BCUT2D eigenvalue weighted by Crippen LogP contribution is 2.50. The molecular weight excluding hydrogens is 298 g/mol. The molecule has 4 nitrogen and oxygen atoms in total. The van der Waals surface area contributed by atoms with E-state index in [9.17, 15) is 0 Å². The molecule has 1 aliphatic heterocycles. The van der Waals surface area contributed by atoms with E-state index in [1.165, 1.54) is 0 Å². The number of fused-ring (bicyclic) bond motifs is 2. The molecular formula is C20H11N3O. The van der Waals surface area contributed by atoms with Gasteiger partial charge in [-0.1, -0.05) is 30.3 Å². The number of benzene rings is 3. The molecule has 112 valence electrons. The molecule has 4 rings (SSSR count). The molecule has 0 amide bonds. The SMILES string of the molecule is [C-]#[N+]c1cc([N+]#[C-])cc(N2c3ccccc3Oc3ccccc32)c1. The van der Waals surface area contributed by atoms with Gasteiger partial charge < -0.3 is 9.64 Å². The fourth-order valence-electron chi connectivity index (χ4n) is 2.82. The van der Waals surface area contributed by atoms with Crippen LogP contribution in [-0.2, 0) is 0 Å². The van der Waals surface area contributed by atoms with Gasteiger partial charge in [-0.2, -0.15) is 0 Å². The van der Waals surface area contributed by atoms with Crippen molar-refractivity contribution in [2.24, 2.45) is 0 Å². The van der Waals surface area contributed by atoms with Crippen molar-refractivity contribution >= 4 is 28.4 Å². The van der Waals surface area contributed by atoms with Gasteiger partial charge in [0.25, 0.3) is 0 Å². The van der Waals surface area contributed by atoms with E-state index < -0.39 is 0 Å². The molecule has 0 atom stereocenters. The van der Waals surface area contributed by atoms with Crippen LogP contribution in [0.3, 0.4) is 0 Å². The summed E-state index contributed by atoms with van der Waals surface area (Å²) in [6, 6.07) is 20.7. The highest BCUT2D eigenvalue weighted by molar-refractivity contribution is 5.88. The van der Waals surface area contributed by atoms with Crippen LogP contribution in [0.5, 0.6) is 11.5 Å². The van der Waals surface area contributed by atoms with Crippen molar-refractivity contribution in [3.8, 4) is 11.5 Å². The second-order valence-corrected chi connectivity index (χ2v) is 5.30. The molecule has 3 aromatic rings. The van der Waals surface area contributed by atoms with Gasteiger partial charge in [0.1, 0.15) is 0 Å². The highest BCUT2D eigenvalue weighted by atomic mass is 16.5. The average molecular weight is 309 g/mol. The van der Waals surface area contributed by atoms with Gasteiger partial charge in [-0.3, -0.25) is 0 Å². The molecule has 1 heterocycles. The number of hydrogen-bond donors (Lipinski definition) is 0. The summed E-state index contributed by atoms with van der Waals surface area (Å²) in [5.74, 6) is 1.49. The number of nitrogens with zero attached hydrogens (tertiary/aromatic N) is 3. The molecule has 1 aliphatic rings. The van der Waals surface area contributed by atoms with Gasteiger partial charge in [0, 0.05) is 5.69 Å². The van der Waals surface area contributed by atoms with Gasteiger partial charge in [-0.05, 0) is 36.4 Å². The second-order valence-electron chi connectivity index (χ2n) is 5.30. The van der Waals surface area contributed by atoms with Crippen LogP contribution in [0.1, 0.15) is 0 Å². The Bertz CT molecular complexity index is 950. The Kier molecular flexibility index (Phi) is 3.16. The number of hydrogen-bond acceptors (Lipinski definition) is 2. The molecule has 0 aliphatic carbocycles. The van der Waals surface area contributed by atoms with E-state index in [0.717, 1.165) is 28.6 Å². The van der Waals surface area contributed by atoms with E-state index in [1.807, 2.05) is 53.4 Å². The van der Waals surface area contributed by atoms with Gasteiger partial charge in [0.05, 0.1) is 24.5 Å². The van der Waals surface area contributed by atoms with Crippen LogP contribution < -0.4 is 9.64 Å². The van der Waals surface area contributed by atoms with Crippen molar-refractivity contribution in [2.45, 2.75) is 0 Å². The summed E-state index contributed by atoms with van der Waals surface area (Å²) in [4.78, 5) is 9.02. The maximum absolute atomic E-state index is 7.29. The lowest BCUT2D eigenvalue weighted by Gasteiger charge is -2.33. The average Bonchev–Trinajstić information content (AvgIpc) is 2.65. The van der Waals surface area contributed by atoms with E-state index in [2.05, 4.69) is 9.69 Å². The lowest BCUT2D eigenvalue weighted by Crippen LogP contribution is -2.15. The lowest BCUT2D eigenvalue weighted by molar-refractivity contribution is 0.477. The minimum atomic E-state index is 0.444. The number of rotatable bonds is 1. The molecule has 0 unspecified atom stereocenters. The molecule has 3 aromatic carbocycles. The maximum Gasteiger partial charge on any atom is 0.179 e. The first-order valence-electron chi connectivity index (χ1n) is 7.36. The summed E-state index contributed by atoms with van der Waals surface area (Å²) in [6.07, 6.45) is 0.